The van der Waals surface area contributed by atoms with Crippen molar-refractivity contribution in [3.63, 3.8) is 0 Å². The van der Waals surface area contributed by atoms with Crippen molar-refractivity contribution in [3.8, 4) is 0 Å². The summed E-state index contributed by atoms with van der Waals surface area (Å²) in [5.74, 6) is -0.532. The number of nitrogens with zero attached hydrogens (tertiary/aromatic N) is 1. The van der Waals surface area contributed by atoms with E-state index in [2.05, 4.69) is 17.2 Å². The number of rotatable bonds is 4. The number of fused-ring (bicyclic) bond motifs is 1. The molecule has 19 heavy (non-hydrogen) atoms. The first-order chi connectivity index (χ1) is 9.11. The number of unbranched alkanes of at least 4 members (excludes halogenated alkanes) is 1. The van der Waals surface area contributed by atoms with Crippen molar-refractivity contribution in [2.45, 2.75) is 26.7 Å². The molecule has 3 nitrogen and oxygen atoms in total. The first-order valence-corrected chi connectivity index (χ1v) is 6.47. The van der Waals surface area contributed by atoms with Crippen LogP contribution in [0.15, 0.2) is 24.3 Å². The van der Waals surface area contributed by atoms with Crippen LogP contribution >= 0.6 is 0 Å². The Balaban J connectivity index is 2.40. The zero-order valence-electron chi connectivity index (χ0n) is 11.2. The quantitative estimate of drug-likeness (QED) is 0.858. The van der Waals surface area contributed by atoms with Gasteiger partial charge in [0.25, 0.3) is 5.91 Å². The number of hydrogen-bond donors (Lipinski definition) is 1. The Morgan fingerprint density at radius 1 is 1.37 bits per heavy atom. The molecule has 1 N–H and O–H groups in total. The normalized spacial score (nSPS) is 10.7. The molecule has 0 unspecified atom stereocenters. The fourth-order valence-electron chi connectivity index (χ4n) is 1.99. The van der Waals surface area contributed by atoms with Gasteiger partial charge in [-0.3, -0.25) is 9.78 Å². The third kappa shape index (κ3) is 3.08. The molecule has 0 fully saturated rings. The van der Waals surface area contributed by atoms with Crippen molar-refractivity contribution in [2.75, 3.05) is 6.54 Å². The number of carbonyl (C=O) groups excluding carboxylic acids is 1. The molecule has 0 spiro atoms. The Kier molecular flexibility index (Phi) is 4.10. The van der Waals surface area contributed by atoms with Crippen molar-refractivity contribution in [2.24, 2.45) is 0 Å². The summed E-state index contributed by atoms with van der Waals surface area (Å²) in [6.45, 7) is 4.52. The third-order valence-corrected chi connectivity index (χ3v) is 2.96. The summed E-state index contributed by atoms with van der Waals surface area (Å²) in [5, 5.41) is 3.40. The Hall–Kier alpha value is -1.97. The predicted octanol–water partition coefficient (Wildman–Crippen LogP) is 3.21. The van der Waals surface area contributed by atoms with Crippen LogP contribution in [0.1, 0.15) is 35.8 Å². The van der Waals surface area contributed by atoms with Crippen LogP contribution < -0.4 is 5.32 Å². The summed E-state index contributed by atoms with van der Waals surface area (Å²) in [4.78, 5) is 16.4. The fraction of sp³-hybridized carbons (Fsp3) is 0.333. The smallest absolute Gasteiger partial charge is 0.252 e. The predicted molar refractivity (Wildman–Crippen MR) is 73.7 cm³/mol. The minimum Gasteiger partial charge on any atom is -0.352 e. The molecule has 0 atom stereocenters. The van der Waals surface area contributed by atoms with Gasteiger partial charge in [0.1, 0.15) is 5.82 Å². The summed E-state index contributed by atoms with van der Waals surface area (Å²) in [6.07, 6.45) is 1.95. The Morgan fingerprint density at radius 2 is 2.16 bits per heavy atom. The lowest BCUT2D eigenvalue weighted by Crippen LogP contribution is -2.24. The maximum absolute atomic E-state index is 13.3. The van der Waals surface area contributed by atoms with E-state index in [4.69, 9.17) is 0 Å². The second-order valence-electron chi connectivity index (χ2n) is 4.58. The van der Waals surface area contributed by atoms with E-state index in [0.29, 0.717) is 23.0 Å². The minimum absolute atomic E-state index is 0.172. The highest BCUT2D eigenvalue weighted by atomic mass is 19.1. The molecule has 0 saturated carbocycles. The first-order valence-electron chi connectivity index (χ1n) is 6.47. The highest BCUT2D eigenvalue weighted by molar-refractivity contribution is 6.06. The van der Waals surface area contributed by atoms with Crippen LogP contribution in [-0.2, 0) is 0 Å². The summed E-state index contributed by atoms with van der Waals surface area (Å²) in [6, 6.07) is 6.01. The molecule has 1 amide bonds. The zero-order valence-corrected chi connectivity index (χ0v) is 11.2. The van der Waals surface area contributed by atoms with Gasteiger partial charge in [-0.25, -0.2) is 4.39 Å². The van der Waals surface area contributed by atoms with Crippen LogP contribution in [0.3, 0.4) is 0 Å². The van der Waals surface area contributed by atoms with Gasteiger partial charge >= 0.3 is 0 Å². The third-order valence-electron chi connectivity index (χ3n) is 2.96. The number of aryl methyl sites for hydroxylation is 1. The number of halogens is 1. The van der Waals surface area contributed by atoms with Gasteiger partial charge in [-0.05, 0) is 37.6 Å². The Labute approximate surface area is 111 Å². The topological polar surface area (TPSA) is 42.0 Å². The second-order valence-corrected chi connectivity index (χ2v) is 4.58. The molecule has 2 rings (SSSR count). The van der Waals surface area contributed by atoms with Crippen LogP contribution in [0, 0.1) is 12.7 Å². The maximum atomic E-state index is 13.3. The standard InChI is InChI=1S/C15H17FN2O/c1-3-4-7-17-15(19)13-8-10(2)18-14-6-5-11(16)9-12(13)14/h5-6,8-9H,3-4,7H2,1-2H3,(H,17,19). The van der Waals surface area contributed by atoms with Gasteiger partial charge in [0.15, 0.2) is 0 Å². The molecule has 1 aromatic carbocycles. The molecular formula is C15H17FN2O. The van der Waals surface area contributed by atoms with E-state index >= 15 is 0 Å². The highest BCUT2D eigenvalue weighted by Gasteiger charge is 2.12. The van der Waals surface area contributed by atoms with E-state index in [1.165, 1.54) is 12.1 Å². The number of carbonyl (C=O) groups is 1. The number of amides is 1. The summed E-state index contributed by atoms with van der Waals surface area (Å²) >= 11 is 0. The van der Waals surface area contributed by atoms with Crippen molar-refractivity contribution in [1.82, 2.24) is 10.3 Å². The van der Waals surface area contributed by atoms with Gasteiger partial charge in [0.05, 0.1) is 11.1 Å². The largest absolute Gasteiger partial charge is 0.352 e. The molecule has 0 aliphatic carbocycles. The van der Waals surface area contributed by atoms with Gasteiger partial charge in [-0.1, -0.05) is 13.3 Å². The summed E-state index contributed by atoms with van der Waals surface area (Å²) < 4.78 is 13.3. The van der Waals surface area contributed by atoms with Gasteiger partial charge < -0.3 is 5.32 Å². The number of aromatic nitrogens is 1. The monoisotopic (exact) mass is 260 g/mol. The van der Waals surface area contributed by atoms with Crippen LogP contribution in [0.25, 0.3) is 10.9 Å². The van der Waals surface area contributed by atoms with E-state index in [9.17, 15) is 9.18 Å². The molecule has 2 aromatic rings. The van der Waals surface area contributed by atoms with E-state index in [1.54, 1.807) is 12.1 Å². The Bertz CT molecular complexity index is 610. The molecule has 4 heteroatoms. The lowest BCUT2D eigenvalue weighted by Gasteiger charge is -2.08. The number of nitrogens with one attached hydrogen (secondary N) is 1. The maximum Gasteiger partial charge on any atom is 0.252 e. The number of pyridine rings is 1. The van der Waals surface area contributed by atoms with Crippen LogP contribution in [0.4, 0.5) is 4.39 Å². The molecule has 0 aliphatic rings. The van der Waals surface area contributed by atoms with Crippen LogP contribution in [-0.4, -0.2) is 17.4 Å². The first kappa shape index (κ1) is 13.5. The molecule has 100 valence electrons. The van der Waals surface area contributed by atoms with E-state index < -0.39 is 0 Å². The van der Waals surface area contributed by atoms with Gasteiger partial charge in [0.2, 0.25) is 0 Å². The average Bonchev–Trinajstić information content (AvgIpc) is 2.38. The average molecular weight is 260 g/mol. The summed E-state index contributed by atoms with van der Waals surface area (Å²) in [7, 11) is 0. The van der Waals surface area contributed by atoms with Gasteiger partial charge in [-0.15, -0.1) is 0 Å². The van der Waals surface area contributed by atoms with Crippen molar-refractivity contribution < 1.29 is 9.18 Å². The van der Waals surface area contributed by atoms with Gasteiger partial charge in [0, 0.05) is 17.6 Å². The molecular weight excluding hydrogens is 243 g/mol. The molecule has 1 heterocycles. The van der Waals surface area contributed by atoms with Crippen LogP contribution in [0.2, 0.25) is 0 Å². The van der Waals surface area contributed by atoms with E-state index in [1.807, 2.05) is 6.92 Å². The van der Waals surface area contributed by atoms with Crippen molar-refractivity contribution in [3.05, 3.63) is 41.3 Å². The minimum atomic E-state index is -0.360. The fourth-order valence-corrected chi connectivity index (χ4v) is 1.99. The van der Waals surface area contributed by atoms with E-state index in [-0.39, 0.29) is 11.7 Å². The zero-order chi connectivity index (χ0) is 13.8. The number of benzene rings is 1. The van der Waals surface area contributed by atoms with E-state index in [0.717, 1.165) is 18.5 Å². The molecule has 0 bridgehead atoms. The van der Waals surface area contributed by atoms with Crippen molar-refractivity contribution in [1.29, 1.82) is 0 Å². The number of hydrogen-bond acceptors (Lipinski definition) is 2. The van der Waals surface area contributed by atoms with Crippen LogP contribution in [0.5, 0.6) is 0 Å². The Morgan fingerprint density at radius 3 is 2.89 bits per heavy atom. The SMILES string of the molecule is CCCCNC(=O)c1cc(C)nc2ccc(F)cc12. The molecule has 1 aromatic heterocycles. The van der Waals surface area contributed by atoms with Gasteiger partial charge in [-0.2, -0.15) is 0 Å². The molecule has 0 aliphatic heterocycles. The molecule has 0 saturated heterocycles. The second kappa shape index (κ2) is 5.78. The van der Waals surface area contributed by atoms with Crippen molar-refractivity contribution >= 4 is 16.8 Å². The molecule has 0 radical (unpaired) electrons. The summed E-state index contributed by atoms with van der Waals surface area (Å²) in [5.41, 5.74) is 1.87. The lowest BCUT2D eigenvalue weighted by molar-refractivity contribution is 0.0954. The highest BCUT2D eigenvalue weighted by Crippen LogP contribution is 2.19. The lowest BCUT2D eigenvalue weighted by atomic mass is 10.1.